The van der Waals surface area contributed by atoms with Crippen molar-refractivity contribution in [1.82, 2.24) is 16.2 Å². The minimum atomic E-state index is -0.292. The highest BCUT2D eigenvalue weighted by Crippen LogP contribution is 2.34. The summed E-state index contributed by atoms with van der Waals surface area (Å²) in [6.45, 7) is 0.770. The van der Waals surface area contributed by atoms with Crippen LogP contribution in [0.3, 0.4) is 0 Å². The lowest BCUT2D eigenvalue weighted by Crippen LogP contribution is -2.46. The molecule has 0 saturated carbocycles. The van der Waals surface area contributed by atoms with Gasteiger partial charge in [-0.25, -0.2) is 0 Å². The molecular formula is C14H16ClN3OS3. The second kappa shape index (κ2) is 8.57. The van der Waals surface area contributed by atoms with Gasteiger partial charge in [-0.1, -0.05) is 29.8 Å². The van der Waals surface area contributed by atoms with Gasteiger partial charge in [0.05, 0.1) is 5.02 Å². The Morgan fingerprint density at radius 2 is 2.14 bits per heavy atom. The van der Waals surface area contributed by atoms with Gasteiger partial charge in [0.15, 0.2) is 5.11 Å². The van der Waals surface area contributed by atoms with Gasteiger partial charge in [0, 0.05) is 16.6 Å². The van der Waals surface area contributed by atoms with Crippen LogP contribution in [0.4, 0.5) is 0 Å². The van der Waals surface area contributed by atoms with Gasteiger partial charge in [0.1, 0.15) is 4.88 Å². The number of thiocarbonyl (C=S) groups is 1. The second-order valence-electron chi connectivity index (χ2n) is 4.42. The van der Waals surface area contributed by atoms with Gasteiger partial charge < -0.3 is 5.32 Å². The molecular weight excluding hydrogens is 358 g/mol. The number of halogens is 1. The molecule has 22 heavy (non-hydrogen) atoms. The van der Waals surface area contributed by atoms with E-state index in [1.54, 1.807) is 11.8 Å². The Hall–Kier alpha value is -1.02. The number of rotatable bonds is 5. The summed E-state index contributed by atoms with van der Waals surface area (Å²) in [5.74, 6) is 0.777. The molecule has 1 amide bonds. The maximum atomic E-state index is 12.2. The monoisotopic (exact) mass is 373 g/mol. The summed E-state index contributed by atoms with van der Waals surface area (Å²) in [4.78, 5) is 12.7. The van der Waals surface area contributed by atoms with Gasteiger partial charge in [0.2, 0.25) is 0 Å². The first-order valence-corrected chi connectivity index (χ1v) is 9.63. The fraction of sp³-hybridized carbons (Fsp3) is 0.286. The normalized spacial score (nSPS) is 10.5. The third kappa shape index (κ3) is 4.49. The lowest BCUT2D eigenvalue weighted by molar-refractivity contribution is 0.0948. The lowest BCUT2D eigenvalue weighted by Gasteiger charge is -2.10. The van der Waals surface area contributed by atoms with Gasteiger partial charge in [-0.15, -0.1) is 11.3 Å². The van der Waals surface area contributed by atoms with Crippen molar-refractivity contribution in [3.8, 4) is 0 Å². The Morgan fingerprint density at radius 1 is 1.36 bits per heavy atom. The van der Waals surface area contributed by atoms with Crippen LogP contribution in [0.5, 0.6) is 0 Å². The van der Waals surface area contributed by atoms with Crippen molar-refractivity contribution in [3.63, 3.8) is 0 Å². The van der Waals surface area contributed by atoms with Crippen molar-refractivity contribution in [3.05, 3.63) is 34.2 Å². The number of thiophene rings is 1. The van der Waals surface area contributed by atoms with Crippen LogP contribution >= 0.6 is 46.9 Å². The molecule has 3 N–H and O–H groups in total. The smallest absolute Gasteiger partial charge is 0.281 e. The predicted octanol–water partition coefficient (Wildman–Crippen LogP) is 3.42. The zero-order valence-corrected chi connectivity index (χ0v) is 15.1. The first-order valence-electron chi connectivity index (χ1n) is 6.63. The Bertz CT molecular complexity index is 674. The molecule has 0 atom stereocenters. The molecule has 2 aromatic rings. The number of thioether (sulfide) groups is 1. The van der Waals surface area contributed by atoms with E-state index in [0.717, 1.165) is 28.8 Å². The van der Waals surface area contributed by atoms with Crippen LogP contribution in [-0.2, 0) is 0 Å². The molecule has 0 saturated heterocycles. The highest BCUT2D eigenvalue weighted by Gasteiger charge is 2.16. The molecule has 1 aromatic carbocycles. The number of hydrogen-bond donors (Lipinski definition) is 3. The number of hydrazine groups is 1. The van der Waals surface area contributed by atoms with E-state index in [1.807, 2.05) is 24.3 Å². The van der Waals surface area contributed by atoms with Gasteiger partial charge >= 0.3 is 0 Å². The summed E-state index contributed by atoms with van der Waals surface area (Å²) in [5, 5.41) is 4.78. The van der Waals surface area contributed by atoms with Crippen LogP contribution in [0, 0.1) is 0 Å². The Balaban J connectivity index is 1.89. The van der Waals surface area contributed by atoms with Crippen LogP contribution in [0.2, 0.25) is 5.02 Å². The van der Waals surface area contributed by atoms with E-state index in [9.17, 15) is 4.79 Å². The summed E-state index contributed by atoms with van der Waals surface area (Å²) in [7, 11) is 0. The van der Waals surface area contributed by atoms with Gasteiger partial charge in [-0.3, -0.25) is 15.6 Å². The lowest BCUT2D eigenvalue weighted by atomic mass is 10.2. The van der Waals surface area contributed by atoms with E-state index >= 15 is 0 Å². The number of benzene rings is 1. The molecule has 0 unspecified atom stereocenters. The molecule has 0 spiro atoms. The van der Waals surface area contributed by atoms with Crippen molar-refractivity contribution >= 4 is 68.0 Å². The molecule has 1 heterocycles. The van der Waals surface area contributed by atoms with Crippen LogP contribution < -0.4 is 16.2 Å². The zero-order chi connectivity index (χ0) is 15.9. The van der Waals surface area contributed by atoms with E-state index in [0.29, 0.717) is 15.0 Å². The van der Waals surface area contributed by atoms with Crippen molar-refractivity contribution in [1.29, 1.82) is 0 Å². The third-order valence-electron chi connectivity index (χ3n) is 2.84. The first kappa shape index (κ1) is 17.3. The quantitative estimate of drug-likeness (QED) is 0.426. The number of nitrogens with one attached hydrogen (secondary N) is 3. The van der Waals surface area contributed by atoms with Crippen LogP contribution in [0.15, 0.2) is 24.3 Å². The summed E-state index contributed by atoms with van der Waals surface area (Å²) in [6.07, 6.45) is 3.07. The number of amides is 1. The zero-order valence-electron chi connectivity index (χ0n) is 11.9. The van der Waals surface area contributed by atoms with Crippen molar-refractivity contribution in [2.24, 2.45) is 0 Å². The van der Waals surface area contributed by atoms with Crippen LogP contribution in [0.25, 0.3) is 10.1 Å². The van der Waals surface area contributed by atoms with E-state index in [2.05, 4.69) is 22.4 Å². The Morgan fingerprint density at radius 3 is 2.86 bits per heavy atom. The van der Waals surface area contributed by atoms with Gasteiger partial charge in [0.25, 0.3) is 5.91 Å². The van der Waals surface area contributed by atoms with E-state index in [4.69, 9.17) is 23.8 Å². The molecule has 2 rings (SSSR count). The van der Waals surface area contributed by atoms with Gasteiger partial charge in [-0.2, -0.15) is 11.8 Å². The van der Waals surface area contributed by atoms with Crippen molar-refractivity contribution in [2.75, 3.05) is 18.6 Å². The van der Waals surface area contributed by atoms with E-state index in [1.165, 1.54) is 11.3 Å². The molecule has 0 bridgehead atoms. The largest absolute Gasteiger partial charge is 0.361 e. The molecule has 0 aliphatic carbocycles. The SMILES string of the molecule is CSCCCNC(=S)NNC(=O)c1sc2ccccc2c1Cl. The molecule has 1 aromatic heterocycles. The fourth-order valence-electron chi connectivity index (χ4n) is 1.79. The minimum Gasteiger partial charge on any atom is -0.361 e. The number of carbonyl (C=O) groups is 1. The maximum Gasteiger partial charge on any atom is 0.281 e. The highest BCUT2D eigenvalue weighted by molar-refractivity contribution is 7.98. The molecule has 0 aliphatic rings. The third-order valence-corrected chi connectivity index (χ3v) is 5.46. The standard InChI is InChI=1S/C14H16ClN3OS3/c1-21-8-4-7-16-14(20)18-17-13(19)12-11(15)9-5-2-3-6-10(9)22-12/h2-3,5-6H,4,7-8H2,1H3,(H,17,19)(H2,16,18,20). The van der Waals surface area contributed by atoms with Crippen molar-refractivity contribution < 1.29 is 4.79 Å². The first-order chi connectivity index (χ1) is 10.6. The summed E-state index contributed by atoms with van der Waals surface area (Å²) in [6, 6.07) is 7.65. The number of hydrogen-bond acceptors (Lipinski definition) is 4. The summed E-state index contributed by atoms with van der Waals surface area (Å²) >= 11 is 14.5. The molecule has 0 aliphatic heterocycles. The summed E-state index contributed by atoms with van der Waals surface area (Å²) in [5.41, 5.74) is 5.26. The van der Waals surface area contributed by atoms with E-state index in [-0.39, 0.29) is 5.91 Å². The molecule has 118 valence electrons. The van der Waals surface area contributed by atoms with E-state index < -0.39 is 0 Å². The van der Waals surface area contributed by atoms with Crippen LogP contribution in [0.1, 0.15) is 16.1 Å². The minimum absolute atomic E-state index is 0.292. The Kier molecular flexibility index (Phi) is 6.75. The predicted molar refractivity (Wildman–Crippen MR) is 101 cm³/mol. The molecule has 0 fully saturated rings. The maximum absolute atomic E-state index is 12.2. The molecule has 0 radical (unpaired) electrons. The molecule has 8 heteroatoms. The highest BCUT2D eigenvalue weighted by atomic mass is 35.5. The van der Waals surface area contributed by atoms with Crippen molar-refractivity contribution in [2.45, 2.75) is 6.42 Å². The van der Waals surface area contributed by atoms with Gasteiger partial charge in [-0.05, 0) is 36.7 Å². The Labute approximate surface area is 148 Å². The van der Waals surface area contributed by atoms with Crippen LogP contribution in [-0.4, -0.2) is 29.6 Å². The second-order valence-corrected chi connectivity index (χ2v) is 7.25. The average Bonchev–Trinajstić information content (AvgIpc) is 2.87. The molecule has 4 nitrogen and oxygen atoms in total. The topological polar surface area (TPSA) is 53.2 Å². The number of carbonyl (C=O) groups excluding carboxylic acids is 1. The summed E-state index contributed by atoms with van der Waals surface area (Å²) < 4.78 is 0.982. The average molecular weight is 374 g/mol. The number of fused-ring (bicyclic) bond motifs is 1. The fourth-order valence-corrected chi connectivity index (χ4v) is 3.79.